The summed E-state index contributed by atoms with van der Waals surface area (Å²) in [6, 6.07) is 0. The number of anilines is 2. The standard InChI is InChI=1S/C29H37Cl2N7O4S/c1-16(2)14-36-7-9-37(10-8-36)22-13-32-19(12-33-22)25-27(28(40)41)43-29(35-25)38-6-5-18(21(15-38)42-4)11-20(39)26-24(31)23(30)17(3)34-26/h12-13,16,18,21,34H,5-11,14-15H2,1-4H3,(H,40,41)/t18-,21-/m0/s1. The normalized spacial score (nSPS) is 19.8. The number of aryl methyl sites for hydroxylation is 1. The van der Waals surface area contributed by atoms with E-state index in [9.17, 15) is 14.7 Å². The van der Waals surface area contributed by atoms with E-state index in [-0.39, 0.29) is 34.1 Å². The van der Waals surface area contributed by atoms with Crippen LogP contribution in [0, 0.1) is 18.8 Å². The first-order valence-corrected chi connectivity index (χ1v) is 16.0. The van der Waals surface area contributed by atoms with E-state index in [4.69, 9.17) is 32.9 Å². The van der Waals surface area contributed by atoms with Gasteiger partial charge in [-0.3, -0.25) is 9.69 Å². The molecule has 2 aliphatic rings. The van der Waals surface area contributed by atoms with E-state index in [1.54, 1.807) is 26.4 Å². The van der Waals surface area contributed by atoms with Crippen molar-refractivity contribution in [2.24, 2.45) is 11.8 Å². The minimum absolute atomic E-state index is 0.0452. The average Bonchev–Trinajstić information content (AvgIpc) is 3.55. The molecule has 0 aromatic carbocycles. The van der Waals surface area contributed by atoms with Gasteiger partial charge in [0.25, 0.3) is 0 Å². The van der Waals surface area contributed by atoms with E-state index in [2.05, 4.69) is 38.6 Å². The molecule has 2 N–H and O–H groups in total. The lowest BCUT2D eigenvalue weighted by Gasteiger charge is -2.37. The Morgan fingerprint density at radius 3 is 2.44 bits per heavy atom. The Kier molecular flexibility index (Phi) is 9.92. The predicted octanol–water partition coefficient (Wildman–Crippen LogP) is 5.13. The van der Waals surface area contributed by atoms with E-state index in [1.807, 2.05) is 4.90 Å². The number of carboxylic acid groups (broad SMARTS) is 1. The van der Waals surface area contributed by atoms with Gasteiger partial charge in [0, 0.05) is 65.0 Å². The number of halogens is 2. The Hall–Kier alpha value is -2.77. The van der Waals surface area contributed by atoms with Crippen molar-refractivity contribution in [3.63, 3.8) is 0 Å². The molecule has 0 amide bonds. The molecule has 5 rings (SSSR count). The third-order valence-corrected chi connectivity index (χ3v) is 10.1. The highest BCUT2D eigenvalue weighted by Crippen LogP contribution is 2.37. The minimum Gasteiger partial charge on any atom is -0.477 e. The summed E-state index contributed by atoms with van der Waals surface area (Å²) in [6.45, 7) is 12.1. The number of aromatic carboxylic acids is 1. The molecule has 0 saturated carbocycles. The molecule has 11 nitrogen and oxygen atoms in total. The Labute approximate surface area is 265 Å². The van der Waals surface area contributed by atoms with Crippen LogP contribution in [-0.2, 0) is 4.74 Å². The number of ketones is 1. The monoisotopic (exact) mass is 649 g/mol. The molecule has 232 valence electrons. The van der Waals surface area contributed by atoms with Crippen LogP contribution in [0.4, 0.5) is 10.9 Å². The molecule has 5 heterocycles. The Bertz CT molecular complexity index is 1450. The number of piperidine rings is 1. The molecule has 2 aliphatic heterocycles. The number of carboxylic acids is 1. The van der Waals surface area contributed by atoms with Crippen LogP contribution in [-0.4, -0.2) is 101 Å². The number of rotatable bonds is 10. The number of carbonyl (C=O) groups excluding carboxylic acids is 1. The molecule has 43 heavy (non-hydrogen) atoms. The van der Waals surface area contributed by atoms with Crippen molar-refractivity contribution in [1.82, 2.24) is 24.8 Å². The van der Waals surface area contributed by atoms with E-state index >= 15 is 0 Å². The smallest absolute Gasteiger partial charge is 0.348 e. The Morgan fingerprint density at radius 2 is 1.86 bits per heavy atom. The molecule has 3 aromatic heterocycles. The molecule has 0 bridgehead atoms. The van der Waals surface area contributed by atoms with Crippen LogP contribution in [0.15, 0.2) is 12.4 Å². The Balaban J connectivity index is 1.27. The van der Waals surface area contributed by atoms with Crippen molar-refractivity contribution >= 4 is 57.2 Å². The van der Waals surface area contributed by atoms with Crippen LogP contribution in [0.1, 0.15) is 52.5 Å². The second-order valence-corrected chi connectivity index (χ2v) is 13.3. The van der Waals surface area contributed by atoms with Crippen molar-refractivity contribution in [1.29, 1.82) is 0 Å². The Morgan fingerprint density at radius 1 is 1.12 bits per heavy atom. The third kappa shape index (κ3) is 6.99. The van der Waals surface area contributed by atoms with E-state index in [1.165, 1.54) is 0 Å². The van der Waals surface area contributed by atoms with Gasteiger partial charge in [0.05, 0.1) is 28.5 Å². The van der Waals surface area contributed by atoms with Gasteiger partial charge in [0.15, 0.2) is 10.9 Å². The number of piperazine rings is 1. The van der Waals surface area contributed by atoms with Gasteiger partial charge in [0.2, 0.25) is 0 Å². The highest BCUT2D eigenvalue weighted by atomic mass is 35.5. The van der Waals surface area contributed by atoms with Gasteiger partial charge in [0.1, 0.15) is 27.8 Å². The predicted molar refractivity (Wildman–Crippen MR) is 169 cm³/mol. The number of nitrogens with one attached hydrogen (secondary N) is 1. The van der Waals surface area contributed by atoms with Crippen LogP contribution in [0.3, 0.4) is 0 Å². The number of methoxy groups -OCH3 is 1. The second kappa shape index (κ2) is 13.5. The number of aromatic nitrogens is 4. The molecule has 0 radical (unpaired) electrons. The molecule has 3 aromatic rings. The number of H-pyrrole nitrogens is 1. The summed E-state index contributed by atoms with van der Waals surface area (Å²) in [4.78, 5) is 48.9. The van der Waals surface area contributed by atoms with Crippen molar-refractivity contribution in [2.45, 2.75) is 39.7 Å². The maximum absolute atomic E-state index is 13.0. The van der Waals surface area contributed by atoms with Crippen molar-refractivity contribution < 1.29 is 19.4 Å². The zero-order chi connectivity index (χ0) is 30.8. The number of thiazole rings is 1. The van der Waals surface area contributed by atoms with Gasteiger partial charge >= 0.3 is 5.97 Å². The topological polar surface area (TPSA) is 128 Å². The molecule has 2 atom stereocenters. The second-order valence-electron chi connectivity index (χ2n) is 11.6. The lowest BCUT2D eigenvalue weighted by atomic mass is 9.88. The van der Waals surface area contributed by atoms with Gasteiger partial charge in [-0.1, -0.05) is 48.4 Å². The molecule has 0 unspecified atom stereocenters. The number of aromatic amines is 1. The van der Waals surface area contributed by atoms with E-state index < -0.39 is 5.97 Å². The number of carbonyl (C=O) groups is 2. The van der Waals surface area contributed by atoms with Crippen molar-refractivity contribution in [3.05, 3.63) is 38.7 Å². The van der Waals surface area contributed by atoms with Crippen LogP contribution in [0.2, 0.25) is 10.0 Å². The SMILES string of the molecule is CO[C@H]1CN(c2nc(-c3cnc(N4CCN(CC(C)C)CC4)cn3)c(C(=O)O)s2)CC[C@H]1CC(=O)c1[nH]c(C)c(Cl)c1Cl. The van der Waals surface area contributed by atoms with Crippen LogP contribution in [0.5, 0.6) is 0 Å². The summed E-state index contributed by atoms with van der Waals surface area (Å²) in [5.41, 5.74) is 1.69. The largest absolute Gasteiger partial charge is 0.477 e. The lowest BCUT2D eigenvalue weighted by molar-refractivity contribution is 0.0375. The summed E-state index contributed by atoms with van der Waals surface area (Å²) in [6.07, 6.45) is 3.96. The van der Waals surface area contributed by atoms with Gasteiger partial charge in [-0.25, -0.2) is 19.7 Å². The first kappa shape index (κ1) is 31.6. The fraction of sp³-hybridized carbons (Fsp3) is 0.552. The summed E-state index contributed by atoms with van der Waals surface area (Å²) >= 11 is 13.5. The molecule has 0 spiro atoms. The van der Waals surface area contributed by atoms with Gasteiger partial charge in [-0.15, -0.1) is 0 Å². The summed E-state index contributed by atoms with van der Waals surface area (Å²) < 4.78 is 5.78. The zero-order valence-corrected chi connectivity index (χ0v) is 27.1. The summed E-state index contributed by atoms with van der Waals surface area (Å²) in [5, 5.41) is 11.2. The average molecular weight is 651 g/mol. The maximum Gasteiger partial charge on any atom is 0.348 e. The number of nitrogens with zero attached hydrogens (tertiary/aromatic N) is 6. The molecular formula is C29H37Cl2N7O4S. The minimum atomic E-state index is -1.06. The summed E-state index contributed by atoms with van der Waals surface area (Å²) in [7, 11) is 1.62. The molecule has 14 heteroatoms. The number of Topliss-reactive ketones (excluding diaryl/α,β-unsaturated/α-hetero) is 1. The molecular weight excluding hydrogens is 613 g/mol. The van der Waals surface area contributed by atoms with Crippen molar-refractivity contribution in [2.75, 3.05) is 62.7 Å². The first-order chi connectivity index (χ1) is 20.5. The van der Waals surface area contributed by atoms with Crippen LogP contribution in [0.25, 0.3) is 11.4 Å². The van der Waals surface area contributed by atoms with Gasteiger partial charge in [-0.2, -0.15) is 0 Å². The number of hydrogen-bond donors (Lipinski definition) is 2. The molecule has 2 saturated heterocycles. The van der Waals surface area contributed by atoms with Crippen LogP contribution >= 0.6 is 34.5 Å². The molecule has 0 aliphatic carbocycles. The highest BCUT2D eigenvalue weighted by Gasteiger charge is 2.34. The van der Waals surface area contributed by atoms with E-state index in [0.29, 0.717) is 58.4 Å². The quantitative estimate of drug-likeness (QED) is 0.285. The van der Waals surface area contributed by atoms with E-state index in [0.717, 1.165) is 49.9 Å². The number of ether oxygens (including phenoxy) is 1. The first-order valence-electron chi connectivity index (χ1n) is 14.4. The summed E-state index contributed by atoms with van der Waals surface area (Å²) in [5.74, 6) is 0.178. The fourth-order valence-corrected chi connectivity index (χ4v) is 7.17. The van der Waals surface area contributed by atoms with Gasteiger partial charge < -0.3 is 24.6 Å². The lowest BCUT2D eigenvalue weighted by Crippen LogP contribution is -2.47. The van der Waals surface area contributed by atoms with Crippen molar-refractivity contribution in [3.8, 4) is 11.4 Å². The third-order valence-electron chi connectivity index (χ3n) is 8.06. The zero-order valence-electron chi connectivity index (χ0n) is 24.8. The molecule has 2 fully saturated rings. The number of hydrogen-bond acceptors (Lipinski definition) is 10. The fourth-order valence-electron chi connectivity index (χ4n) is 5.79. The van der Waals surface area contributed by atoms with Gasteiger partial charge in [-0.05, 0) is 25.2 Å². The maximum atomic E-state index is 13.0. The highest BCUT2D eigenvalue weighted by molar-refractivity contribution is 7.17. The van der Waals surface area contributed by atoms with Crippen LogP contribution < -0.4 is 9.80 Å².